The second kappa shape index (κ2) is 5.44. The van der Waals surface area contributed by atoms with E-state index in [2.05, 4.69) is 4.72 Å². The Morgan fingerprint density at radius 1 is 1.42 bits per heavy atom. The van der Waals surface area contributed by atoms with Crippen LogP contribution in [-0.4, -0.2) is 27.7 Å². The van der Waals surface area contributed by atoms with Gasteiger partial charge in [-0.15, -0.1) is 0 Å². The normalized spacial score (nSPS) is 23.7. The zero-order valence-corrected chi connectivity index (χ0v) is 11.4. The van der Waals surface area contributed by atoms with Gasteiger partial charge in [-0.2, -0.15) is 0 Å². The molecule has 1 aliphatic rings. The predicted molar refractivity (Wildman–Crippen MR) is 69.6 cm³/mol. The molecule has 0 radical (unpaired) electrons. The second-order valence-corrected chi connectivity index (χ2v) is 6.36. The highest BCUT2D eigenvalue weighted by Gasteiger charge is 2.29. The van der Waals surface area contributed by atoms with Gasteiger partial charge in [-0.05, 0) is 37.5 Å². The summed E-state index contributed by atoms with van der Waals surface area (Å²) in [6.45, 7) is 0. The quantitative estimate of drug-likeness (QED) is 0.817. The largest absolute Gasteiger partial charge is 0.399 e. The number of methoxy groups -OCH3 is 1. The fourth-order valence-electron chi connectivity index (χ4n) is 2.27. The van der Waals surface area contributed by atoms with Gasteiger partial charge in [0.2, 0.25) is 10.0 Å². The van der Waals surface area contributed by atoms with Gasteiger partial charge in [0.1, 0.15) is 10.7 Å². The van der Waals surface area contributed by atoms with Crippen molar-refractivity contribution in [2.24, 2.45) is 0 Å². The van der Waals surface area contributed by atoms with Gasteiger partial charge in [0.15, 0.2) is 0 Å². The van der Waals surface area contributed by atoms with E-state index in [9.17, 15) is 12.8 Å². The molecule has 0 bridgehead atoms. The van der Waals surface area contributed by atoms with Gasteiger partial charge in [0.05, 0.1) is 6.10 Å². The first-order chi connectivity index (χ1) is 8.92. The molecule has 2 atom stereocenters. The van der Waals surface area contributed by atoms with Crippen LogP contribution in [0.3, 0.4) is 0 Å². The molecular formula is C12H17FN2O3S. The van der Waals surface area contributed by atoms with Crippen molar-refractivity contribution in [2.75, 3.05) is 12.8 Å². The van der Waals surface area contributed by atoms with Gasteiger partial charge >= 0.3 is 0 Å². The summed E-state index contributed by atoms with van der Waals surface area (Å²) in [6.07, 6.45) is 2.13. The van der Waals surface area contributed by atoms with Crippen LogP contribution in [0, 0.1) is 5.82 Å². The van der Waals surface area contributed by atoms with E-state index in [0.717, 1.165) is 18.6 Å². The Bertz CT molecular complexity index is 562. The number of anilines is 1. The highest BCUT2D eigenvalue weighted by molar-refractivity contribution is 7.89. The fourth-order valence-corrected chi connectivity index (χ4v) is 3.67. The monoisotopic (exact) mass is 288 g/mol. The maximum Gasteiger partial charge on any atom is 0.243 e. The van der Waals surface area contributed by atoms with E-state index >= 15 is 0 Å². The van der Waals surface area contributed by atoms with E-state index in [4.69, 9.17) is 10.5 Å². The van der Waals surface area contributed by atoms with E-state index in [1.165, 1.54) is 6.07 Å². The van der Waals surface area contributed by atoms with Crippen LogP contribution >= 0.6 is 0 Å². The molecule has 106 valence electrons. The summed E-state index contributed by atoms with van der Waals surface area (Å²) in [5, 5.41) is 0. The summed E-state index contributed by atoms with van der Waals surface area (Å²) in [5.41, 5.74) is 5.71. The lowest BCUT2D eigenvalue weighted by Crippen LogP contribution is -2.34. The lowest BCUT2D eigenvalue weighted by Gasteiger charge is -2.14. The average molecular weight is 288 g/mol. The minimum Gasteiger partial charge on any atom is -0.399 e. The van der Waals surface area contributed by atoms with Gasteiger partial charge in [0, 0.05) is 18.8 Å². The van der Waals surface area contributed by atoms with Crippen molar-refractivity contribution in [3.63, 3.8) is 0 Å². The summed E-state index contributed by atoms with van der Waals surface area (Å²) in [7, 11) is -2.29. The third kappa shape index (κ3) is 3.23. The molecule has 0 amide bonds. The van der Waals surface area contributed by atoms with Gasteiger partial charge in [-0.1, -0.05) is 0 Å². The highest BCUT2D eigenvalue weighted by Crippen LogP contribution is 2.24. The molecule has 0 aliphatic heterocycles. The van der Waals surface area contributed by atoms with Gasteiger partial charge < -0.3 is 10.5 Å². The van der Waals surface area contributed by atoms with Crippen molar-refractivity contribution in [3.05, 3.63) is 24.0 Å². The fraction of sp³-hybridized carbons (Fsp3) is 0.500. The smallest absolute Gasteiger partial charge is 0.243 e. The van der Waals surface area contributed by atoms with E-state index in [1.807, 2.05) is 0 Å². The van der Waals surface area contributed by atoms with Crippen molar-refractivity contribution < 1.29 is 17.5 Å². The van der Waals surface area contributed by atoms with Gasteiger partial charge in [-0.25, -0.2) is 17.5 Å². The first-order valence-electron chi connectivity index (χ1n) is 6.02. The number of nitrogens with two attached hydrogens (primary N) is 1. The average Bonchev–Trinajstić information content (AvgIpc) is 2.79. The summed E-state index contributed by atoms with van der Waals surface area (Å²) in [5.74, 6) is -0.803. The van der Waals surface area contributed by atoms with Crippen LogP contribution in [0.1, 0.15) is 19.3 Å². The maximum atomic E-state index is 13.6. The topological polar surface area (TPSA) is 81.4 Å². The first kappa shape index (κ1) is 14.2. The highest BCUT2D eigenvalue weighted by atomic mass is 32.2. The van der Waals surface area contributed by atoms with Crippen LogP contribution in [0.4, 0.5) is 10.1 Å². The molecule has 1 saturated carbocycles. The number of hydrogen-bond donors (Lipinski definition) is 2. The molecule has 2 rings (SSSR count). The molecule has 0 saturated heterocycles. The summed E-state index contributed by atoms with van der Waals surface area (Å²) >= 11 is 0. The summed E-state index contributed by atoms with van der Waals surface area (Å²) in [4.78, 5) is -0.409. The molecular weight excluding hydrogens is 271 g/mol. The number of sulfonamides is 1. The molecule has 3 N–H and O–H groups in total. The molecule has 0 aromatic heterocycles. The number of nitrogen functional groups attached to an aromatic ring is 1. The lowest BCUT2D eigenvalue weighted by molar-refractivity contribution is 0.107. The van der Waals surface area contributed by atoms with Crippen LogP contribution in [0.5, 0.6) is 0 Å². The number of ether oxygens (including phenoxy) is 1. The number of nitrogens with one attached hydrogen (secondary N) is 1. The van der Waals surface area contributed by atoms with Crippen LogP contribution in [0.15, 0.2) is 23.1 Å². The Labute approximate surface area is 112 Å². The van der Waals surface area contributed by atoms with Crippen molar-refractivity contribution in [3.8, 4) is 0 Å². The molecule has 5 nitrogen and oxygen atoms in total. The Morgan fingerprint density at radius 2 is 2.16 bits per heavy atom. The standard InChI is InChI=1S/C12H17FN2O3S/c1-18-10-4-3-9(7-10)15-19(16,17)12-6-8(14)2-5-11(12)13/h2,5-6,9-10,15H,3-4,7,14H2,1H3. The molecule has 1 aromatic carbocycles. The van der Waals surface area contributed by atoms with Crippen LogP contribution < -0.4 is 10.5 Å². The predicted octanol–water partition coefficient (Wildman–Crippen LogP) is 1.25. The van der Waals surface area contributed by atoms with E-state index < -0.39 is 20.7 Å². The molecule has 0 spiro atoms. The minimum absolute atomic E-state index is 0.0541. The lowest BCUT2D eigenvalue weighted by atomic mass is 10.3. The van der Waals surface area contributed by atoms with Crippen molar-refractivity contribution in [1.82, 2.24) is 4.72 Å². The summed E-state index contributed by atoms with van der Waals surface area (Å²) < 4.78 is 45.5. The number of hydrogen-bond acceptors (Lipinski definition) is 4. The molecule has 0 heterocycles. The molecule has 7 heteroatoms. The summed E-state index contributed by atoms with van der Waals surface area (Å²) in [6, 6.07) is 3.28. The molecule has 2 unspecified atom stereocenters. The van der Waals surface area contributed by atoms with Crippen molar-refractivity contribution in [2.45, 2.75) is 36.3 Å². The van der Waals surface area contributed by atoms with Gasteiger partial charge in [0.25, 0.3) is 0 Å². The van der Waals surface area contributed by atoms with E-state index in [0.29, 0.717) is 12.8 Å². The number of halogens is 1. The first-order valence-corrected chi connectivity index (χ1v) is 7.51. The zero-order valence-electron chi connectivity index (χ0n) is 10.6. The molecule has 1 aliphatic carbocycles. The SMILES string of the molecule is COC1CCC(NS(=O)(=O)c2cc(N)ccc2F)C1. The van der Waals surface area contributed by atoms with Crippen molar-refractivity contribution in [1.29, 1.82) is 0 Å². The third-order valence-electron chi connectivity index (χ3n) is 3.28. The van der Waals surface area contributed by atoms with E-state index in [1.54, 1.807) is 7.11 Å². The Balaban J connectivity index is 2.17. The molecule has 19 heavy (non-hydrogen) atoms. The van der Waals surface area contributed by atoms with Crippen LogP contribution in [-0.2, 0) is 14.8 Å². The van der Waals surface area contributed by atoms with Crippen molar-refractivity contribution >= 4 is 15.7 Å². The molecule has 1 aromatic rings. The molecule has 1 fully saturated rings. The third-order valence-corrected chi connectivity index (χ3v) is 4.82. The number of benzene rings is 1. The Kier molecular flexibility index (Phi) is 4.07. The Hall–Kier alpha value is -1.18. The number of rotatable bonds is 4. The van der Waals surface area contributed by atoms with Crippen LogP contribution in [0.25, 0.3) is 0 Å². The zero-order chi connectivity index (χ0) is 14.0. The maximum absolute atomic E-state index is 13.6. The Morgan fingerprint density at radius 3 is 2.79 bits per heavy atom. The second-order valence-electron chi connectivity index (χ2n) is 4.68. The van der Waals surface area contributed by atoms with Gasteiger partial charge in [-0.3, -0.25) is 0 Å². The van der Waals surface area contributed by atoms with E-state index in [-0.39, 0.29) is 17.8 Å². The minimum atomic E-state index is -3.89. The van der Waals surface area contributed by atoms with Crippen LogP contribution in [0.2, 0.25) is 0 Å².